The molecule has 4 aromatic rings. The van der Waals surface area contributed by atoms with Crippen molar-refractivity contribution in [1.29, 1.82) is 0 Å². The minimum atomic E-state index is -0.452. The Morgan fingerprint density at radius 3 is 2.53 bits per heavy atom. The molecule has 0 fully saturated rings. The molecule has 3 amide bonds. The van der Waals surface area contributed by atoms with Gasteiger partial charge in [0.15, 0.2) is 5.13 Å². The van der Waals surface area contributed by atoms with Gasteiger partial charge in [0.05, 0.1) is 10.9 Å². The van der Waals surface area contributed by atoms with E-state index in [1.807, 2.05) is 60.3 Å². The molecule has 2 aromatic heterocycles. The lowest BCUT2D eigenvalue weighted by Crippen LogP contribution is -2.30. The summed E-state index contributed by atoms with van der Waals surface area (Å²) >= 11 is 4.31. The van der Waals surface area contributed by atoms with E-state index in [0.717, 1.165) is 16.2 Å². The van der Waals surface area contributed by atoms with Gasteiger partial charge in [-0.25, -0.2) is 4.98 Å². The van der Waals surface area contributed by atoms with Gasteiger partial charge in [-0.05, 0) is 72.1 Å². The highest BCUT2D eigenvalue weighted by Gasteiger charge is 2.20. The zero-order chi connectivity index (χ0) is 26.9. The molecule has 2 heterocycles. The van der Waals surface area contributed by atoms with E-state index < -0.39 is 5.91 Å². The minimum absolute atomic E-state index is 0.120. The van der Waals surface area contributed by atoms with Crippen LogP contribution in [0, 0.1) is 6.92 Å². The van der Waals surface area contributed by atoms with E-state index in [1.54, 1.807) is 36.4 Å². The Kier molecular flexibility index (Phi) is 9.47. The fourth-order valence-corrected chi connectivity index (χ4v) is 5.72. The van der Waals surface area contributed by atoms with Crippen LogP contribution in [0.1, 0.15) is 35.0 Å². The Bertz CT molecular complexity index is 1430. The summed E-state index contributed by atoms with van der Waals surface area (Å²) in [6.45, 7) is 3.83. The molecule has 2 aromatic carbocycles. The predicted molar refractivity (Wildman–Crippen MR) is 157 cm³/mol. The average molecular weight is 563 g/mol. The topological polar surface area (TPSA) is 100 Å². The van der Waals surface area contributed by atoms with E-state index in [2.05, 4.69) is 20.9 Å². The smallest absolute Gasteiger partial charge is 0.272 e. The fourth-order valence-electron chi connectivity index (χ4n) is 3.40. The van der Waals surface area contributed by atoms with Gasteiger partial charge in [-0.1, -0.05) is 31.2 Å². The number of aromatic nitrogens is 1. The zero-order valence-electron chi connectivity index (χ0n) is 20.8. The molecular weight excluding hydrogens is 537 g/mol. The van der Waals surface area contributed by atoms with Crippen molar-refractivity contribution in [2.45, 2.75) is 30.4 Å². The number of carbonyl (C=O) groups is 3. The van der Waals surface area contributed by atoms with Crippen molar-refractivity contribution in [1.82, 2.24) is 10.3 Å². The van der Waals surface area contributed by atoms with Crippen LogP contribution in [-0.4, -0.2) is 28.0 Å². The van der Waals surface area contributed by atoms with Crippen molar-refractivity contribution >= 4 is 69.1 Å². The summed E-state index contributed by atoms with van der Waals surface area (Å²) in [5.41, 5.74) is 2.80. The third-order valence-corrected chi connectivity index (χ3v) is 8.20. The number of anilines is 2. The normalized spacial score (nSPS) is 12.0. The highest BCUT2D eigenvalue weighted by atomic mass is 32.2. The number of hydrogen-bond acceptors (Lipinski definition) is 7. The lowest BCUT2D eigenvalue weighted by Gasteiger charge is -2.15. The molecule has 4 rings (SSSR count). The number of benzene rings is 2. The van der Waals surface area contributed by atoms with Crippen LogP contribution in [0.25, 0.3) is 6.08 Å². The van der Waals surface area contributed by atoms with E-state index >= 15 is 0 Å². The van der Waals surface area contributed by atoms with Gasteiger partial charge in [0.2, 0.25) is 5.91 Å². The molecule has 7 nitrogen and oxygen atoms in total. The summed E-state index contributed by atoms with van der Waals surface area (Å²) in [7, 11) is 0. The van der Waals surface area contributed by atoms with E-state index in [4.69, 9.17) is 0 Å². The number of thioether (sulfide) groups is 1. The lowest BCUT2D eigenvalue weighted by atomic mass is 10.2. The molecule has 0 aliphatic heterocycles. The molecule has 1 unspecified atom stereocenters. The van der Waals surface area contributed by atoms with Crippen LogP contribution in [0.2, 0.25) is 0 Å². The van der Waals surface area contributed by atoms with Crippen molar-refractivity contribution in [3.63, 3.8) is 0 Å². The number of nitrogens with zero attached hydrogens (tertiary/aromatic N) is 1. The lowest BCUT2D eigenvalue weighted by molar-refractivity contribution is -0.116. The fraction of sp³-hybridized carbons (Fsp3) is 0.143. The van der Waals surface area contributed by atoms with Crippen LogP contribution in [0.3, 0.4) is 0 Å². The summed E-state index contributed by atoms with van der Waals surface area (Å²) in [5, 5.41) is 14.4. The molecule has 0 saturated heterocycles. The number of carbonyl (C=O) groups excluding carboxylic acids is 3. The number of rotatable bonds is 10. The van der Waals surface area contributed by atoms with Crippen molar-refractivity contribution in [2.75, 3.05) is 10.6 Å². The SMILES string of the molecule is CCC(Sc1cccc(NC(=O)/C(=C/c2ccsc2)NC(=O)c2ccccc2)c1)C(=O)Nc1nc(C)cs1. The Balaban J connectivity index is 1.46. The van der Waals surface area contributed by atoms with Gasteiger partial charge in [-0.3, -0.25) is 14.4 Å². The second-order valence-electron chi connectivity index (χ2n) is 8.21. The second-order valence-corrected chi connectivity index (χ2v) is 11.1. The van der Waals surface area contributed by atoms with Crippen LogP contribution >= 0.6 is 34.4 Å². The number of thiazole rings is 1. The molecule has 3 N–H and O–H groups in total. The van der Waals surface area contributed by atoms with Crippen LogP contribution in [0.5, 0.6) is 0 Å². The highest BCUT2D eigenvalue weighted by Crippen LogP contribution is 2.29. The maximum atomic E-state index is 13.2. The third kappa shape index (κ3) is 7.64. The van der Waals surface area contributed by atoms with Gasteiger partial charge >= 0.3 is 0 Å². The van der Waals surface area contributed by atoms with E-state index in [-0.39, 0.29) is 22.8 Å². The molecule has 0 aliphatic rings. The monoisotopic (exact) mass is 562 g/mol. The average Bonchev–Trinajstić information content (AvgIpc) is 3.59. The summed E-state index contributed by atoms with van der Waals surface area (Å²) < 4.78 is 0. The first-order valence-electron chi connectivity index (χ1n) is 11.8. The highest BCUT2D eigenvalue weighted by molar-refractivity contribution is 8.00. The molecule has 38 heavy (non-hydrogen) atoms. The van der Waals surface area contributed by atoms with Crippen LogP contribution in [0.4, 0.5) is 10.8 Å². The zero-order valence-corrected chi connectivity index (χ0v) is 23.2. The van der Waals surface area contributed by atoms with Crippen LogP contribution < -0.4 is 16.0 Å². The Morgan fingerprint density at radius 2 is 1.84 bits per heavy atom. The maximum Gasteiger partial charge on any atom is 0.272 e. The largest absolute Gasteiger partial charge is 0.321 e. The maximum absolute atomic E-state index is 13.2. The van der Waals surface area contributed by atoms with Gasteiger partial charge in [0.1, 0.15) is 5.70 Å². The van der Waals surface area contributed by atoms with Gasteiger partial charge in [-0.15, -0.1) is 23.1 Å². The summed E-state index contributed by atoms with van der Waals surface area (Å²) in [6.07, 6.45) is 2.26. The van der Waals surface area contributed by atoms with Crippen molar-refractivity contribution < 1.29 is 14.4 Å². The van der Waals surface area contributed by atoms with E-state index in [1.165, 1.54) is 34.4 Å². The van der Waals surface area contributed by atoms with E-state index in [9.17, 15) is 14.4 Å². The van der Waals surface area contributed by atoms with Gasteiger partial charge in [-0.2, -0.15) is 11.3 Å². The molecule has 194 valence electrons. The molecule has 10 heteroatoms. The number of nitrogens with one attached hydrogen (secondary N) is 3. The first-order chi connectivity index (χ1) is 18.4. The quantitative estimate of drug-likeness (QED) is 0.153. The number of thiophene rings is 1. The summed E-state index contributed by atoms with van der Waals surface area (Å²) in [4.78, 5) is 43.9. The van der Waals surface area contributed by atoms with Crippen molar-refractivity contribution in [3.05, 3.63) is 99.3 Å². The summed E-state index contributed by atoms with van der Waals surface area (Å²) in [5.74, 6) is -0.948. The molecule has 0 radical (unpaired) electrons. The molecule has 0 aliphatic carbocycles. The van der Waals surface area contributed by atoms with Crippen LogP contribution in [0.15, 0.2) is 87.4 Å². The molecule has 0 saturated carbocycles. The predicted octanol–water partition coefficient (Wildman–Crippen LogP) is 6.43. The Hall–Kier alpha value is -3.73. The Labute approximate surface area is 233 Å². The summed E-state index contributed by atoms with van der Waals surface area (Å²) in [6, 6.07) is 17.9. The van der Waals surface area contributed by atoms with Crippen molar-refractivity contribution in [3.8, 4) is 0 Å². The molecule has 0 spiro atoms. The van der Waals surface area contributed by atoms with Crippen molar-refractivity contribution in [2.24, 2.45) is 0 Å². The third-order valence-electron chi connectivity index (χ3n) is 5.27. The Morgan fingerprint density at radius 1 is 1.03 bits per heavy atom. The second kappa shape index (κ2) is 13.2. The van der Waals surface area contributed by atoms with Gasteiger partial charge in [0, 0.05) is 21.5 Å². The van der Waals surface area contributed by atoms with Crippen LogP contribution in [-0.2, 0) is 9.59 Å². The first-order valence-corrected chi connectivity index (χ1v) is 14.5. The first kappa shape index (κ1) is 27.3. The number of amides is 3. The molecule has 0 bridgehead atoms. The van der Waals surface area contributed by atoms with E-state index in [0.29, 0.717) is 22.8 Å². The number of aryl methyl sites for hydroxylation is 1. The van der Waals surface area contributed by atoms with Gasteiger partial charge in [0.25, 0.3) is 11.8 Å². The minimum Gasteiger partial charge on any atom is -0.321 e. The molecule has 1 atom stereocenters. The standard InChI is InChI=1S/C28H26N4O3S3/c1-3-24(27(35)32-28-29-18(2)16-37-28)38-22-11-7-10-21(15-22)30-26(34)23(14-19-12-13-36-17-19)31-25(33)20-8-5-4-6-9-20/h4-17,24H,3H2,1-2H3,(H,30,34)(H,31,33)(H,29,32,35)/b23-14-. The number of hydrogen-bond donors (Lipinski definition) is 3. The molecular formula is C28H26N4O3S3. The van der Waals surface area contributed by atoms with Gasteiger partial charge < -0.3 is 16.0 Å².